The summed E-state index contributed by atoms with van der Waals surface area (Å²) in [6, 6.07) is 0.524. The molecule has 1 aliphatic heterocycles. The molecule has 1 fully saturated rings. The summed E-state index contributed by atoms with van der Waals surface area (Å²) in [6.45, 7) is 1.95. The van der Waals surface area contributed by atoms with Crippen LogP contribution in [0.4, 0.5) is 5.82 Å². The number of hydrogen-bond donors (Lipinski definition) is 2. The first-order valence-electron chi connectivity index (χ1n) is 5.66. The molecular formula is C11H16N4O2. The van der Waals surface area contributed by atoms with Crippen LogP contribution in [0.25, 0.3) is 0 Å². The van der Waals surface area contributed by atoms with Crippen molar-refractivity contribution in [3.63, 3.8) is 0 Å². The zero-order valence-corrected chi connectivity index (χ0v) is 9.76. The SMILES string of the molecule is CN1CCCC1CNc1cnc(C(=O)O)cn1. The highest BCUT2D eigenvalue weighted by atomic mass is 16.4. The van der Waals surface area contributed by atoms with E-state index in [1.165, 1.54) is 25.2 Å². The fraction of sp³-hybridized carbons (Fsp3) is 0.545. The van der Waals surface area contributed by atoms with Crippen molar-refractivity contribution < 1.29 is 9.90 Å². The molecule has 0 radical (unpaired) electrons. The van der Waals surface area contributed by atoms with E-state index in [2.05, 4.69) is 27.2 Å². The molecule has 0 bridgehead atoms. The predicted molar refractivity (Wildman–Crippen MR) is 63.1 cm³/mol. The largest absolute Gasteiger partial charge is 0.476 e. The summed E-state index contributed by atoms with van der Waals surface area (Å²) in [5.74, 6) is -0.435. The van der Waals surface area contributed by atoms with Gasteiger partial charge in [0.15, 0.2) is 5.69 Å². The lowest BCUT2D eigenvalue weighted by Gasteiger charge is -2.19. The molecule has 17 heavy (non-hydrogen) atoms. The standard InChI is InChI=1S/C11H16N4O2/c1-15-4-2-3-8(15)5-13-10-7-12-9(6-14-10)11(16)17/h6-8H,2-5H2,1H3,(H,13,14)(H,16,17). The molecule has 1 saturated heterocycles. The highest BCUT2D eigenvalue weighted by molar-refractivity contribution is 5.84. The Morgan fingerprint density at radius 2 is 2.41 bits per heavy atom. The summed E-state index contributed by atoms with van der Waals surface area (Å²) in [5.41, 5.74) is -0.0338. The molecule has 0 aliphatic carbocycles. The third kappa shape index (κ3) is 2.91. The van der Waals surface area contributed by atoms with Crippen LogP contribution in [0.15, 0.2) is 12.4 Å². The van der Waals surface area contributed by atoms with Gasteiger partial charge in [-0.3, -0.25) is 0 Å². The molecule has 0 amide bonds. The number of likely N-dealkylation sites (N-methyl/N-ethyl adjacent to an activating group) is 1. The van der Waals surface area contributed by atoms with Gasteiger partial charge in [0.1, 0.15) is 5.82 Å². The van der Waals surface area contributed by atoms with Crippen LogP contribution >= 0.6 is 0 Å². The third-order valence-electron chi connectivity index (χ3n) is 3.06. The molecule has 92 valence electrons. The summed E-state index contributed by atoms with van der Waals surface area (Å²) >= 11 is 0. The molecule has 6 heteroatoms. The molecule has 2 N–H and O–H groups in total. The summed E-state index contributed by atoms with van der Waals surface area (Å²) in [6.07, 6.45) is 5.14. The third-order valence-corrected chi connectivity index (χ3v) is 3.06. The Balaban J connectivity index is 1.88. The number of nitrogens with zero attached hydrogens (tertiary/aromatic N) is 3. The molecule has 1 atom stereocenters. The smallest absolute Gasteiger partial charge is 0.356 e. The molecule has 0 spiro atoms. The number of likely N-dealkylation sites (tertiary alicyclic amines) is 1. The van der Waals surface area contributed by atoms with E-state index >= 15 is 0 Å². The fourth-order valence-corrected chi connectivity index (χ4v) is 1.99. The van der Waals surface area contributed by atoms with E-state index in [1.807, 2.05) is 0 Å². The van der Waals surface area contributed by atoms with Gasteiger partial charge in [-0.15, -0.1) is 0 Å². The Kier molecular flexibility index (Phi) is 3.53. The van der Waals surface area contributed by atoms with Crippen LogP contribution in [0.3, 0.4) is 0 Å². The monoisotopic (exact) mass is 236 g/mol. The molecule has 1 aliphatic rings. The maximum Gasteiger partial charge on any atom is 0.356 e. The van der Waals surface area contributed by atoms with Gasteiger partial charge in [-0.1, -0.05) is 0 Å². The molecular weight excluding hydrogens is 220 g/mol. The molecule has 1 aromatic heterocycles. The van der Waals surface area contributed by atoms with Gasteiger partial charge in [0.2, 0.25) is 0 Å². The lowest BCUT2D eigenvalue weighted by molar-refractivity contribution is 0.0690. The van der Waals surface area contributed by atoms with Crippen molar-refractivity contribution in [2.75, 3.05) is 25.5 Å². The van der Waals surface area contributed by atoms with E-state index in [1.54, 1.807) is 0 Å². The molecule has 1 aromatic rings. The lowest BCUT2D eigenvalue weighted by Crippen LogP contribution is -2.31. The Morgan fingerprint density at radius 1 is 1.59 bits per heavy atom. The van der Waals surface area contributed by atoms with Crippen molar-refractivity contribution in [2.24, 2.45) is 0 Å². The minimum Gasteiger partial charge on any atom is -0.476 e. The maximum absolute atomic E-state index is 10.6. The molecule has 6 nitrogen and oxygen atoms in total. The summed E-state index contributed by atoms with van der Waals surface area (Å²) < 4.78 is 0. The van der Waals surface area contributed by atoms with Crippen LogP contribution in [0.5, 0.6) is 0 Å². The van der Waals surface area contributed by atoms with Gasteiger partial charge in [-0.05, 0) is 26.4 Å². The summed E-state index contributed by atoms with van der Waals surface area (Å²) in [4.78, 5) is 20.7. The van der Waals surface area contributed by atoms with Crippen molar-refractivity contribution in [1.82, 2.24) is 14.9 Å². The quantitative estimate of drug-likeness (QED) is 0.800. The van der Waals surface area contributed by atoms with Crippen LogP contribution in [-0.4, -0.2) is 52.1 Å². The Morgan fingerprint density at radius 3 is 2.94 bits per heavy atom. The highest BCUT2D eigenvalue weighted by Gasteiger charge is 2.20. The number of carboxylic acid groups (broad SMARTS) is 1. The van der Waals surface area contributed by atoms with Crippen LogP contribution in [-0.2, 0) is 0 Å². The zero-order valence-electron chi connectivity index (χ0n) is 9.76. The number of anilines is 1. The Hall–Kier alpha value is -1.69. The van der Waals surface area contributed by atoms with Gasteiger partial charge < -0.3 is 15.3 Å². The van der Waals surface area contributed by atoms with Crippen LogP contribution < -0.4 is 5.32 Å². The molecule has 2 rings (SSSR count). The van der Waals surface area contributed by atoms with Crippen LogP contribution in [0.2, 0.25) is 0 Å². The fourth-order valence-electron chi connectivity index (χ4n) is 1.99. The van der Waals surface area contributed by atoms with Crippen LogP contribution in [0.1, 0.15) is 23.3 Å². The predicted octanol–water partition coefficient (Wildman–Crippen LogP) is 0.681. The van der Waals surface area contributed by atoms with E-state index in [4.69, 9.17) is 5.11 Å². The summed E-state index contributed by atoms with van der Waals surface area (Å²) in [7, 11) is 2.11. The van der Waals surface area contributed by atoms with E-state index < -0.39 is 5.97 Å². The summed E-state index contributed by atoms with van der Waals surface area (Å²) in [5, 5.41) is 11.9. The number of carboxylic acids is 1. The Labute approximate surface area is 99.7 Å². The number of nitrogens with one attached hydrogen (secondary N) is 1. The van der Waals surface area contributed by atoms with Crippen molar-refractivity contribution in [3.05, 3.63) is 18.1 Å². The first-order valence-corrected chi connectivity index (χ1v) is 5.66. The van der Waals surface area contributed by atoms with E-state index in [0.29, 0.717) is 11.9 Å². The Bertz CT molecular complexity index is 393. The van der Waals surface area contributed by atoms with Crippen LogP contribution in [0, 0.1) is 0 Å². The molecule has 0 aromatic carbocycles. The van der Waals surface area contributed by atoms with Gasteiger partial charge in [0.25, 0.3) is 0 Å². The number of hydrogen-bond acceptors (Lipinski definition) is 5. The highest BCUT2D eigenvalue weighted by Crippen LogP contribution is 2.14. The number of aromatic carboxylic acids is 1. The number of carbonyl (C=O) groups is 1. The van der Waals surface area contributed by atoms with Gasteiger partial charge in [0.05, 0.1) is 12.4 Å². The second-order valence-electron chi connectivity index (χ2n) is 4.25. The second kappa shape index (κ2) is 5.09. The average Bonchev–Trinajstić information content (AvgIpc) is 2.73. The molecule has 0 saturated carbocycles. The van der Waals surface area contributed by atoms with Gasteiger partial charge in [-0.2, -0.15) is 0 Å². The van der Waals surface area contributed by atoms with E-state index in [-0.39, 0.29) is 5.69 Å². The van der Waals surface area contributed by atoms with E-state index in [0.717, 1.165) is 13.1 Å². The van der Waals surface area contributed by atoms with E-state index in [9.17, 15) is 4.79 Å². The molecule has 1 unspecified atom stereocenters. The first kappa shape index (κ1) is 11.8. The van der Waals surface area contributed by atoms with Crippen molar-refractivity contribution in [2.45, 2.75) is 18.9 Å². The zero-order chi connectivity index (χ0) is 12.3. The van der Waals surface area contributed by atoms with Gasteiger partial charge >= 0.3 is 5.97 Å². The number of rotatable bonds is 4. The normalized spacial score (nSPS) is 20.4. The second-order valence-corrected chi connectivity index (χ2v) is 4.25. The number of aromatic nitrogens is 2. The van der Waals surface area contributed by atoms with Crippen molar-refractivity contribution >= 4 is 11.8 Å². The van der Waals surface area contributed by atoms with Crippen molar-refractivity contribution in [1.29, 1.82) is 0 Å². The minimum absolute atomic E-state index is 0.0338. The topological polar surface area (TPSA) is 78.4 Å². The van der Waals surface area contributed by atoms with Crippen molar-refractivity contribution in [3.8, 4) is 0 Å². The average molecular weight is 236 g/mol. The van der Waals surface area contributed by atoms with Gasteiger partial charge in [-0.25, -0.2) is 14.8 Å². The molecule has 2 heterocycles. The van der Waals surface area contributed by atoms with Gasteiger partial charge in [0, 0.05) is 12.6 Å². The first-order chi connectivity index (χ1) is 8.16. The lowest BCUT2D eigenvalue weighted by atomic mass is 10.2. The minimum atomic E-state index is -1.06. The maximum atomic E-state index is 10.6.